The molecule has 3 nitrogen and oxygen atoms in total. The summed E-state index contributed by atoms with van der Waals surface area (Å²) < 4.78 is 5.78. The standard InChI is InChI=1S/C20H33ClN2O/c1-13(2)16-11-15(12-17(14(3)4)20(16)22)23-9-10-24-19-8-6-5-7-18(19)21/h5-8,13-17,20,23H,9-12,22H2,1-4H3. The Morgan fingerprint density at radius 3 is 2.25 bits per heavy atom. The third kappa shape index (κ3) is 5.11. The highest BCUT2D eigenvalue weighted by Gasteiger charge is 2.37. The van der Waals surface area contributed by atoms with E-state index in [-0.39, 0.29) is 0 Å². The Bertz CT molecular complexity index is 488. The van der Waals surface area contributed by atoms with E-state index in [0.29, 0.717) is 47.4 Å². The molecule has 1 saturated carbocycles. The summed E-state index contributed by atoms with van der Waals surface area (Å²) in [6, 6.07) is 8.47. The Hall–Kier alpha value is -0.770. The minimum Gasteiger partial charge on any atom is -0.491 e. The predicted molar refractivity (Wildman–Crippen MR) is 103 cm³/mol. The van der Waals surface area contributed by atoms with Gasteiger partial charge in [-0.25, -0.2) is 0 Å². The van der Waals surface area contributed by atoms with Gasteiger partial charge in [0.05, 0.1) is 5.02 Å². The fourth-order valence-corrected chi connectivity index (χ4v) is 4.16. The van der Waals surface area contributed by atoms with Crippen LogP contribution in [0, 0.1) is 23.7 Å². The molecule has 3 N–H and O–H groups in total. The molecule has 1 aromatic rings. The van der Waals surface area contributed by atoms with Crippen LogP contribution < -0.4 is 15.8 Å². The molecule has 0 heterocycles. The number of hydrogen-bond acceptors (Lipinski definition) is 3. The molecule has 2 unspecified atom stereocenters. The number of nitrogens with two attached hydrogens (primary N) is 1. The molecule has 2 atom stereocenters. The molecule has 0 aromatic heterocycles. The van der Waals surface area contributed by atoms with Gasteiger partial charge in [-0.2, -0.15) is 0 Å². The molecule has 0 spiro atoms. The zero-order valence-electron chi connectivity index (χ0n) is 15.5. The summed E-state index contributed by atoms with van der Waals surface area (Å²) in [5.74, 6) is 3.20. The van der Waals surface area contributed by atoms with Crippen molar-refractivity contribution in [2.75, 3.05) is 13.2 Å². The Morgan fingerprint density at radius 1 is 1.12 bits per heavy atom. The molecule has 0 amide bonds. The first-order valence-corrected chi connectivity index (χ1v) is 9.64. The van der Waals surface area contributed by atoms with Gasteiger partial charge in [-0.05, 0) is 48.6 Å². The van der Waals surface area contributed by atoms with Crippen molar-refractivity contribution in [3.05, 3.63) is 29.3 Å². The summed E-state index contributed by atoms with van der Waals surface area (Å²) in [4.78, 5) is 0. The van der Waals surface area contributed by atoms with Crippen molar-refractivity contribution in [3.8, 4) is 5.75 Å². The number of halogens is 1. The molecule has 136 valence electrons. The Kier molecular flexibility index (Phi) is 7.39. The topological polar surface area (TPSA) is 47.3 Å². The largest absolute Gasteiger partial charge is 0.491 e. The molecule has 0 bridgehead atoms. The normalized spacial score (nSPS) is 27.7. The number of benzene rings is 1. The SMILES string of the molecule is CC(C)C1CC(NCCOc2ccccc2Cl)CC(C(C)C)C1N. The van der Waals surface area contributed by atoms with Crippen LogP contribution in [0.2, 0.25) is 5.02 Å². The van der Waals surface area contributed by atoms with Crippen molar-refractivity contribution in [2.24, 2.45) is 29.4 Å². The molecular formula is C20H33ClN2O. The molecule has 1 fully saturated rings. The Labute approximate surface area is 152 Å². The lowest BCUT2D eigenvalue weighted by molar-refractivity contribution is 0.111. The van der Waals surface area contributed by atoms with Gasteiger partial charge in [0.25, 0.3) is 0 Å². The third-order valence-electron chi connectivity index (χ3n) is 5.44. The van der Waals surface area contributed by atoms with Crippen molar-refractivity contribution in [2.45, 2.75) is 52.6 Å². The number of ether oxygens (including phenoxy) is 1. The maximum absolute atomic E-state index is 6.57. The van der Waals surface area contributed by atoms with Gasteiger partial charge >= 0.3 is 0 Å². The zero-order valence-corrected chi connectivity index (χ0v) is 16.2. The minimum absolute atomic E-state index is 0.322. The van der Waals surface area contributed by atoms with Crippen LogP contribution in [0.5, 0.6) is 5.75 Å². The molecule has 0 aliphatic heterocycles. The average Bonchev–Trinajstić information content (AvgIpc) is 2.53. The Balaban J connectivity index is 1.84. The summed E-state index contributed by atoms with van der Waals surface area (Å²) in [5, 5.41) is 4.35. The van der Waals surface area contributed by atoms with E-state index in [1.807, 2.05) is 24.3 Å². The van der Waals surface area contributed by atoms with E-state index in [4.69, 9.17) is 22.1 Å². The van der Waals surface area contributed by atoms with Crippen LogP contribution in [-0.4, -0.2) is 25.2 Å². The highest BCUT2D eigenvalue weighted by molar-refractivity contribution is 6.32. The van der Waals surface area contributed by atoms with Crippen LogP contribution in [0.15, 0.2) is 24.3 Å². The molecular weight excluding hydrogens is 320 g/mol. The highest BCUT2D eigenvalue weighted by atomic mass is 35.5. The fraction of sp³-hybridized carbons (Fsp3) is 0.700. The summed E-state index contributed by atoms with van der Waals surface area (Å²) >= 11 is 6.12. The first kappa shape index (κ1) is 19.6. The van der Waals surface area contributed by atoms with Gasteiger partial charge in [0.1, 0.15) is 12.4 Å². The summed E-state index contributed by atoms with van der Waals surface area (Å²) in [6.07, 6.45) is 2.32. The maximum atomic E-state index is 6.57. The van der Waals surface area contributed by atoms with E-state index in [1.54, 1.807) is 0 Å². The molecule has 24 heavy (non-hydrogen) atoms. The Morgan fingerprint density at radius 2 is 1.71 bits per heavy atom. The fourth-order valence-electron chi connectivity index (χ4n) is 3.97. The quantitative estimate of drug-likeness (QED) is 0.717. The van der Waals surface area contributed by atoms with E-state index in [9.17, 15) is 0 Å². The van der Waals surface area contributed by atoms with Crippen molar-refractivity contribution in [1.82, 2.24) is 5.32 Å². The van der Waals surface area contributed by atoms with Gasteiger partial charge in [0.2, 0.25) is 0 Å². The molecule has 0 saturated heterocycles. The third-order valence-corrected chi connectivity index (χ3v) is 5.76. The van der Waals surface area contributed by atoms with Gasteiger partial charge in [-0.1, -0.05) is 51.4 Å². The second-order valence-electron chi connectivity index (χ2n) is 7.79. The van der Waals surface area contributed by atoms with Crippen LogP contribution >= 0.6 is 11.6 Å². The van der Waals surface area contributed by atoms with Crippen molar-refractivity contribution < 1.29 is 4.74 Å². The van der Waals surface area contributed by atoms with Crippen LogP contribution in [0.1, 0.15) is 40.5 Å². The van der Waals surface area contributed by atoms with Gasteiger partial charge in [0, 0.05) is 18.6 Å². The lowest BCUT2D eigenvalue weighted by Crippen LogP contribution is -2.52. The van der Waals surface area contributed by atoms with Crippen LogP contribution in [0.25, 0.3) is 0 Å². The second kappa shape index (κ2) is 9.07. The number of hydrogen-bond donors (Lipinski definition) is 2. The summed E-state index contributed by atoms with van der Waals surface area (Å²) in [6.45, 7) is 10.6. The van der Waals surface area contributed by atoms with E-state index in [1.165, 1.54) is 0 Å². The van der Waals surface area contributed by atoms with Crippen LogP contribution in [0.4, 0.5) is 0 Å². The van der Waals surface area contributed by atoms with Crippen molar-refractivity contribution in [3.63, 3.8) is 0 Å². The second-order valence-corrected chi connectivity index (χ2v) is 8.20. The maximum Gasteiger partial charge on any atom is 0.137 e. The van der Waals surface area contributed by atoms with Gasteiger partial charge in [-0.15, -0.1) is 0 Å². The van der Waals surface area contributed by atoms with Gasteiger partial charge in [-0.3, -0.25) is 0 Å². The van der Waals surface area contributed by atoms with E-state index in [2.05, 4.69) is 33.0 Å². The van der Waals surface area contributed by atoms with E-state index in [0.717, 1.165) is 25.1 Å². The van der Waals surface area contributed by atoms with E-state index >= 15 is 0 Å². The lowest BCUT2D eigenvalue weighted by Gasteiger charge is -2.44. The molecule has 1 aliphatic rings. The first-order valence-electron chi connectivity index (χ1n) is 9.26. The average molecular weight is 353 g/mol. The molecule has 2 rings (SSSR count). The van der Waals surface area contributed by atoms with Crippen LogP contribution in [-0.2, 0) is 0 Å². The summed E-state index contributed by atoms with van der Waals surface area (Å²) in [7, 11) is 0. The smallest absolute Gasteiger partial charge is 0.137 e. The molecule has 1 aromatic carbocycles. The predicted octanol–water partition coefficient (Wildman–Crippen LogP) is 4.34. The lowest BCUT2D eigenvalue weighted by atomic mass is 9.67. The van der Waals surface area contributed by atoms with E-state index < -0.39 is 0 Å². The monoisotopic (exact) mass is 352 g/mol. The number of nitrogens with one attached hydrogen (secondary N) is 1. The highest BCUT2D eigenvalue weighted by Crippen LogP contribution is 2.36. The van der Waals surface area contributed by atoms with Crippen molar-refractivity contribution in [1.29, 1.82) is 0 Å². The first-order chi connectivity index (χ1) is 11.4. The molecule has 1 aliphatic carbocycles. The molecule has 0 radical (unpaired) electrons. The number of rotatable bonds is 7. The zero-order chi connectivity index (χ0) is 17.7. The summed E-state index contributed by atoms with van der Waals surface area (Å²) in [5.41, 5.74) is 6.57. The van der Waals surface area contributed by atoms with Gasteiger partial charge in [0.15, 0.2) is 0 Å². The molecule has 4 heteroatoms. The van der Waals surface area contributed by atoms with Crippen molar-refractivity contribution >= 4 is 11.6 Å². The minimum atomic E-state index is 0.322. The van der Waals surface area contributed by atoms with Gasteiger partial charge < -0.3 is 15.8 Å². The van der Waals surface area contributed by atoms with Crippen LogP contribution in [0.3, 0.4) is 0 Å². The number of para-hydroxylation sites is 1.